The topological polar surface area (TPSA) is 58.6 Å². The van der Waals surface area contributed by atoms with Crippen LogP contribution in [0.15, 0.2) is 77.7 Å². The minimum atomic E-state index is -3.67. The number of rotatable bonds is 4. The van der Waals surface area contributed by atoms with Crippen molar-refractivity contribution in [3.05, 3.63) is 78.4 Å². The van der Waals surface area contributed by atoms with E-state index in [2.05, 4.69) is 9.62 Å². The Kier molecular flexibility index (Phi) is 4.97. The van der Waals surface area contributed by atoms with E-state index >= 15 is 0 Å². The third-order valence-electron chi connectivity index (χ3n) is 5.89. The van der Waals surface area contributed by atoms with E-state index in [0.29, 0.717) is 18.3 Å². The van der Waals surface area contributed by atoms with E-state index in [4.69, 9.17) is 4.74 Å². The molecular weight excluding hydrogens is 396 g/mol. The van der Waals surface area contributed by atoms with Crippen molar-refractivity contribution in [2.75, 3.05) is 17.9 Å². The average molecular weight is 421 g/mol. The summed E-state index contributed by atoms with van der Waals surface area (Å²) in [6, 6.07) is 22.9. The predicted molar refractivity (Wildman–Crippen MR) is 118 cm³/mol. The maximum Gasteiger partial charge on any atom is 0.261 e. The highest BCUT2D eigenvalue weighted by molar-refractivity contribution is 7.92. The first kappa shape index (κ1) is 19.2. The molecule has 2 aliphatic rings. The minimum Gasteiger partial charge on any atom is -0.492 e. The summed E-state index contributed by atoms with van der Waals surface area (Å²) in [5.74, 6) is 0.847. The van der Waals surface area contributed by atoms with Crippen molar-refractivity contribution in [2.24, 2.45) is 0 Å². The Hall–Kier alpha value is -2.83. The first-order chi connectivity index (χ1) is 14.6. The number of fused-ring (bicyclic) bond motifs is 2. The zero-order chi connectivity index (χ0) is 20.6. The molecule has 1 N–H and O–H groups in total. The molecule has 5 nitrogen and oxygen atoms in total. The number of nitrogens with zero attached hydrogens (tertiary/aromatic N) is 1. The number of nitrogens with one attached hydrogen (secondary N) is 1. The maximum atomic E-state index is 12.9. The van der Waals surface area contributed by atoms with Crippen LogP contribution in [0.4, 0.5) is 5.69 Å². The van der Waals surface area contributed by atoms with Crippen LogP contribution >= 0.6 is 0 Å². The molecule has 1 atom stereocenters. The fourth-order valence-corrected chi connectivity index (χ4v) is 5.32. The second-order valence-electron chi connectivity index (χ2n) is 7.90. The molecule has 1 fully saturated rings. The summed E-state index contributed by atoms with van der Waals surface area (Å²) in [5, 5.41) is 0. The summed E-state index contributed by atoms with van der Waals surface area (Å²) in [7, 11) is -3.67. The zero-order valence-electron chi connectivity index (χ0n) is 16.6. The van der Waals surface area contributed by atoms with Crippen LogP contribution in [0.1, 0.15) is 18.4 Å². The Balaban J connectivity index is 1.36. The Labute approximate surface area is 177 Å². The molecular formula is C24H24N2O3S. The van der Waals surface area contributed by atoms with Crippen LogP contribution in [-0.2, 0) is 16.6 Å². The highest BCUT2D eigenvalue weighted by Gasteiger charge is 2.29. The minimum absolute atomic E-state index is 0.244. The zero-order valence-corrected chi connectivity index (χ0v) is 17.4. The smallest absolute Gasteiger partial charge is 0.261 e. The first-order valence-electron chi connectivity index (χ1n) is 10.3. The lowest BCUT2D eigenvalue weighted by Gasteiger charge is -2.19. The molecule has 6 heteroatoms. The van der Waals surface area contributed by atoms with E-state index in [1.165, 1.54) is 6.42 Å². The molecule has 0 radical (unpaired) electrons. The molecule has 1 saturated heterocycles. The summed E-state index contributed by atoms with van der Waals surface area (Å²) >= 11 is 0. The van der Waals surface area contributed by atoms with Gasteiger partial charge in [0, 0.05) is 23.8 Å². The van der Waals surface area contributed by atoms with Crippen molar-refractivity contribution in [3.8, 4) is 16.9 Å². The van der Waals surface area contributed by atoms with E-state index in [0.717, 1.165) is 42.0 Å². The van der Waals surface area contributed by atoms with Crippen molar-refractivity contribution in [3.63, 3.8) is 0 Å². The van der Waals surface area contributed by atoms with Gasteiger partial charge in [-0.3, -0.25) is 9.62 Å². The van der Waals surface area contributed by atoms with Crippen LogP contribution in [0.3, 0.4) is 0 Å². The molecule has 0 spiro atoms. The lowest BCUT2D eigenvalue weighted by molar-refractivity contribution is 0.188. The van der Waals surface area contributed by atoms with Gasteiger partial charge in [0.15, 0.2) is 0 Å². The summed E-state index contributed by atoms with van der Waals surface area (Å²) in [6.45, 7) is 2.56. The van der Waals surface area contributed by atoms with E-state index in [9.17, 15) is 8.42 Å². The van der Waals surface area contributed by atoms with Crippen LogP contribution in [0.2, 0.25) is 0 Å². The highest BCUT2D eigenvalue weighted by atomic mass is 32.2. The van der Waals surface area contributed by atoms with Crippen molar-refractivity contribution < 1.29 is 13.2 Å². The molecule has 154 valence electrons. The predicted octanol–water partition coefficient (Wildman–Crippen LogP) is 4.51. The van der Waals surface area contributed by atoms with Gasteiger partial charge in [-0.1, -0.05) is 42.5 Å². The van der Waals surface area contributed by atoms with Gasteiger partial charge in [-0.15, -0.1) is 0 Å². The van der Waals surface area contributed by atoms with Crippen molar-refractivity contribution in [1.82, 2.24) is 4.90 Å². The molecule has 0 unspecified atom stereocenters. The number of hydrogen-bond acceptors (Lipinski definition) is 4. The van der Waals surface area contributed by atoms with Gasteiger partial charge in [-0.2, -0.15) is 0 Å². The number of hydrogen-bond donors (Lipinski definition) is 1. The SMILES string of the molecule is O=S(=O)(Nc1ccc2c(c1)CN1CCC[C@H]1CO2)c1ccc(-c2ccccc2)cc1. The number of sulfonamides is 1. The van der Waals surface area contributed by atoms with Crippen LogP contribution < -0.4 is 9.46 Å². The summed E-state index contributed by atoms with van der Waals surface area (Å²) in [4.78, 5) is 2.67. The van der Waals surface area contributed by atoms with Gasteiger partial charge in [0.1, 0.15) is 12.4 Å². The molecule has 0 saturated carbocycles. The van der Waals surface area contributed by atoms with E-state index in [1.54, 1.807) is 18.2 Å². The third-order valence-corrected chi connectivity index (χ3v) is 7.29. The molecule has 30 heavy (non-hydrogen) atoms. The van der Waals surface area contributed by atoms with Crippen LogP contribution in [0.5, 0.6) is 5.75 Å². The molecule has 0 amide bonds. The maximum absolute atomic E-state index is 12.9. The fraction of sp³-hybridized carbons (Fsp3) is 0.250. The third kappa shape index (κ3) is 3.80. The van der Waals surface area contributed by atoms with Gasteiger partial charge >= 0.3 is 0 Å². The van der Waals surface area contributed by atoms with Crippen LogP contribution in [0.25, 0.3) is 11.1 Å². The van der Waals surface area contributed by atoms with E-state index in [1.807, 2.05) is 54.6 Å². The Morgan fingerprint density at radius 2 is 1.70 bits per heavy atom. The quantitative estimate of drug-likeness (QED) is 0.675. The highest BCUT2D eigenvalue weighted by Crippen LogP contribution is 2.32. The monoisotopic (exact) mass is 420 g/mol. The van der Waals surface area contributed by atoms with E-state index < -0.39 is 10.0 Å². The van der Waals surface area contributed by atoms with Crippen molar-refractivity contribution >= 4 is 15.7 Å². The normalized spacial score (nSPS) is 18.7. The van der Waals surface area contributed by atoms with Gasteiger partial charge < -0.3 is 4.74 Å². The van der Waals surface area contributed by atoms with Crippen LogP contribution in [-0.4, -0.2) is 32.5 Å². The molecule has 0 bridgehead atoms. The Morgan fingerprint density at radius 1 is 0.933 bits per heavy atom. The van der Waals surface area contributed by atoms with Gasteiger partial charge in [-0.05, 0) is 60.8 Å². The second kappa shape index (κ2) is 7.78. The Bertz CT molecular complexity index is 1140. The number of anilines is 1. The molecule has 3 aromatic rings. The summed E-state index contributed by atoms with van der Waals surface area (Å²) in [6.07, 6.45) is 2.35. The summed E-state index contributed by atoms with van der Waals surface area (Å²) < 4.78 is 34.5. The first-order valence-corrected chi connectivity index (χ1v) is 11.7. The van der Waals surface area contributed by atoms with Crippen LogP contribution in [0, 0.1) is 0 Å². The second-order valence-corrected chi connectivity index (χ2v) is 9.58. The fourth-order valence-electron chi connectivity index (χ4n) is 4.28. The van der Waals surface area contributed by atoms with Gasteiger partial charge in [0.05, 0.1) is 4.90 Å². The average Bonchev–Trinajstić information content (AvgIpc) is 3.13. The van der Waals surface area contributed by atoms with Gasteiger partial charge in [0.2, 0.25) is 0 Å². The molecule has 0 aliphatic carbocycles. The number of ether oxygens (including phenoxy) is 1. The largest absolute Gasteiger partial charge is 0.492 e. The van der Waals surface area contributed by atoms with Crippen molar-refractivity contribution in [2.45, 2.75) is 30.3 Å². The lowest BCUT2D eigenvalue weighted by Crippen LogP contribution is -2.31. The molecule has 0 aromatic heterocycles. The lowest BCUT2D eigenvalue weighted by atomic mass is 10.1. The molecule has 2 aliphatic heterocycles. The molecule has 3 aromatic carbocycles. The number of benzene rings is 3. The molecule has 2 heterocycles. The Morgan fingerprint density at radius 3 is 2.50 bits per heavy atom. The summed E-state index contributed by atoms with van der Waals surface area (Å²) in [5.41, 5.74) is 3.62. The standard InChI is InChI=1S/C24H24N2O3S/c27-30(28,23-11-8-19(9-12-23)18-5-2-1-3-6-18)25-21-10-13-24-20(15-21)16-26-14-4-7-22(26)17-29-24/h1-3,5-6,8-13,15,22,25H,4,7,14,16-17H2/t22-/m0/s1. The van der Waals surface area contributed by atoms with E-state index in [-0.39, 0.29) is 4.90 Å². The van der Waals surface area contributed by atoms with Gasteiger partial charge in [0.25, 0.3) is 10.0 Å². The molecule has 5 rings (SSSR count). The van der Waals surface area contributed by atoms with Gasteiger partial charge in [-0.25, -0.2) is 8.42 Å². The van der Waals surface area contributed by atoms with Crippen molar-refractivity contribution in [1.29, 1.82) is 0 Å².